The number of nitrogens with zero attached hydrogens (tertiary/aromatic N) is 2. The maximum Gasteiger partial charge on any atom is 0.123 e. The maximum absolute atomic E-state index is 13.4. The monoisotopic (exact) mass is 289 g/mol. The minimum absolute atomic E-state index is 0.187. The summed E-state index contributed by atoms with van der Waals surface area (Å²) in [6.45, 7) is 10.8. The van der Waals surface area contributed by atoms with Crippen LogP contribution in [0.2, 0.25) is 0 Å². The van der Waals surface area contributed by atoms with Crippen LogP contribution < -0.4 is 5.32 Å². The first-order chi connectivity index (χ1) is 9.97. The summed E-state index contributed by atoms with van der Waals surface area (Å²) in [4.78, 5) is 4.39. The van der Waals surface area contributed by atoms with E-state index in [0.717, 1.165) is 35.7 Å². The Morgan fingerprint density at radius 2 is 2.05 bits per heavy atom. The molecule has 3 nitrogen and oxygen atoms in total. The van der Waals surface area contributed by atoms with Gasteiger partial charge in [-0.05, 0) is 49.6 Å². The summed E-state index contributed by atoms with van der Waals surface area (Å²) in [5.74, 6) is 1.39. The zero-order chi connectivity index (χ0) is 15.4. The second-order valence-corrected chi connectivity index (χ2v) is 5.98. The molecule has 1 N–H and O–H groups in total. The Hall–Kier alpha value is -1.68. The molecule has 0 aliphatic heterocycles. The van der Waals surface area contributed by atoms with Gasteiger partial charge in [-0.25, -0.2) is 9.37 Å². The standard InChI is InChI=1S/C17H24FN3/c1-12(2)8-19-9-17-10-20-14(4)21(17)11-15-7-16(18)6-5-13(15)3/h5-7,10,12,19H,8-9,11H2,1-4H3. The molecular formula is C17H24FN3. The van der Waals surface area contributed by atoms with Gasteiger partial charge >= 0.3 is 0 Å². The van der Waals surface area contributed by atoms with Gasteiger partial charge in [-0.1, -0.05) is 19.9 Å². The van der Waals surface area contributed by atoms with Crippen molar-refractivity contribution >= 4 is 0 Å². The number of rotatable bonds is 6. The molecule has 2 aromatic rings. The van der Waals surface area contributed by atoms with Gasteiger partial charge in [-0.15, -0.1) is 0 Å². The van der Waals surface area contributed by atoms with Gasteiger partial charge < -0.3 is 9.88 Å². The van der Waals surface area contributed by atoms with E-state index in [9.17, 15) is 4.39 Å². The van der Waals surface area contributed by atoms with Gasteiger partial charge in [0, 0.05) is 19.3 Å². The van der Waals surface area contributed by atoms with Gasteiger partial charge in [-0.2, -0.15) is 0 Å². The van der Waals surface area contributed by atoms with E-state index in [1.165, 1.54) is 6.07 Å². The average molecular weight is 289 g/mol. The Balaban J connectivity index is 2.15. The lowest BCUT2D eigenvalue weighted by Crippen LogP contribution is -2.21. The smallest absolute Gasteiger partial charge is 0.123 e. The van der Waals surface area contributed by atoms with Crippen LogP contribution in [0, 0.1) is 25.6 Å². The van der Waals surface area contributed by atoms with Crippen molar-refractivity contribution in [3.05, 3.63) is 52.9 Å². The van der Waals surface area contributed by atoms with E-state index in [0.29, 0.717) is 12.5 Å². The molecule has 0 aliphatic rings. The van der Waals surface area contributed by atoms with Gasteiger partial charge in [0.15, 0.2) is 0 Å². The molecule has 114 valence electrons. The van der Waals surface area contributed by atoms with E-state index >= 15 is 0 Å². The van der Waals surface area contributed by atoms with Crippen molar-refractivity contribution in [3.8, 4) is 0 Å². The fraction of sp³-hybridized carbons (Fsp3) is 0.471. The number of aromatic nitrogens is 2. The van der Waals surface area contributed by atoms with Crippen LogP contribution in [0.3, 0.4) is 0 Å². The van der Waals surface area contributed by atoms with E-state index in [4.69, 9.17) is 0 Å². The van der Waals surface area contributed by atoms with Gasteiger partial charge in [0.05, 0.1) is 5.69 Å². The predicted molar refractivity (Wildman–Crippen MR) is 83.7 cm³/mol. The normalized spacial score (nSPS) is 11.3. The summed E-state index contributed by atoms with van der Waals surface area (Å²) >= 11 is 0. The number of aryl methyl sites for hydroxylation is 2. The van der Waals surface area contributed by atoms with Gasteiger partial charge in [-0.3, -0.25) is 0 Å². The molecule has 0 saturated carbocycles. The molecule has 0 bridgehead atoms. The minimum Gasteiger partial charge on any atom is -0.327 e. The SMILES string of the molecule is Cc1ccc(F)cc1Cn1c(CNCC(C)C)cnc1C. The summed E-state index contributed by atoms with van der Waals surface area (Å²) < 4.78 is 15.6. The number of halogens is 1. The largest absolute Gasteiger partial charge is 0.327 e. The van der Waals surface area contributed by atoms with Gasteiger partial charge in [0.25, 0.3) is 0 Å². The fourth-order valence-corrected chi connectivity index (χ4v) is 2.34. The summed E-state index contributed by atoms with van der Waals surface area (Å²) in [5.41, 5.74) is 3.24. The number of hydrogen-bond donors (Lipinski definition) is 1. The van der Waals surface area contributed by atoms with Crippen LogP contribution in [-0.2, 0) is 13.1 Å². The molecule has 21 heavy (non-hydrogen) atoms. The van der Waals surface area contributed by atoms with Crippen molar-refractivity contribution in [2.24, 2.45) is 5.92 Å². The Kier molecular flexibility index (Phi) is 5.12. The Morgan fingerprint density at radius 3 is 2.76 bits per heavy atom. The first-order valence-electron chi connectivity index (χ1n) is 7.44. The molecule has 2 rings (SSSR count). The van der Waals surface area contributed by atoms with E-state index < -0.39 is 0 Å². The summed E-state index contributed by atoms with van der Waals surface area (Å²) in [7, 11) is 0. The molecular weight excluding hydrogens is 265 g/mol. The van der Waals surface area contributed by atoms with Crippen molar-refractivity contribution in [3.63, 3.8) is 0 Å². The van der Waals surface area contributed by atoms with Crippen LogP contribution >= 0.6 is 0 Å². The second-order valence-electron chi connectivity index (χ2n) is 5.98. The van der Waals surface area contributed by atoms with E-state index in [1.54, 1.807) is 6.07 Å². The van der Waals surface area contributed by atoms with Crippen LogP contribution in [0.5, 0.6) is 0 Å². The van der Waals surface area contributed by atoms with E-state index in [2.05, 4.69) is 28.7 Å². The van der Waals surface area contributed by atoms with Crippen molar-refractivity contribution in [1.29, 1.82) is 0 Å². The number of nitrogens with one attached hydrogen (secondary N) is 1. The Labute approximate surface area is 126 Å². The van der Waals surface area contributed by atoms with Gasteiger partial charge in [0.2, 0.25) is 0 Å². The molecule has 0 saturated heterocycles. The van der Waals surface area contributed by atoms with Crippen molar-refractivity contribution in [1.82, 2.24) is 14.9 Å². The molecule has 0 aliphatic carbocycles. The molecule has 0 amide bonds. The maximum atomic E-state index is 13.4. The van der Waals surface area contributed by atoms with Crippen LogP contribution in [-0.4, -0.2) is 16.1 Å². The number of imidazole rings is 1. The minimum atomic E-state index is -0.187. The highest BCUT2D eigenvalue weighted by Gasteiger charge is 2.09. The Morgan fingerprint density at radius 1 is 1.29 bits per heavy atom. The van der Waals surface area contributed by atoms with Crippen molar-refractivity contribution in [2.45, 2.75) is 40.8 Å². The molecule has 0 unspecified atom stereocenters. The molecule has 1 aromatic heterocycles. The van der Waals surface area contributed by atoms with Crippen LogP contribution in [0.1, 0.15) is 36.5 Å². The average Bonchev–Trinajstić information content (AvgIpc) is 2.75. The molecule has 1 aromatic carbocycles. The highest BCUT2D eigenvalue weighted by Crippen LogP contribution is 2.15. The quantitative estimate of drug-likeness (QED) is 0.883. The highest BCUT2D eigenvalue weighted by molar-refractivity contribution is 5.27. The lowest BCUT2D eigenvalue weighted by Gasteiger charge is -2.14. The zero-order valence-electron chi connectivity index (χ0n) is 13.3. The van der Waals surface area contributed by atoms with Crippen LogP contribution in [0.25, 0.3) is 0 Å². The van der Waals surface area contributed by atoms with E-state index in [1.807, 2.05) is 26.1 Å². The molecule has 0 radical (unpaired) electrons. The van der Waals surface area contributed by atoms with Gasteiger partial charge in [0.1, 0.15) is 11.6 Å². The first-order valence-corrected chi connectivity index (χ1v) is 7.44. The summed E-state index contributed by atoms with van der Waals surface area (Å²) in [6.07, 6.45) is 1.90. The highest BCUT2D eigenvalue weighted by atomic mass is 19.1. The second kappa shape index (κ2) is 6.85. The fourth-order valence-electron chi connectivity index (χ4n) is 2.34. The topological polar surface area (TPSA) is 29.9 Å². The summed E-state index contributed by atoms with van der Waals surface area (Å²) in [6, 6.07) is 4.94. The van der Waals surface area contributed by atoms with E-state index in [-0.39, 0.29) is 5.82 Å². The van der Waals surface area contributed by atoms with Crippen LogP contribution in [0.4, 0.5) is 4.39 Å². The zero-order valence-corrected chi connectivity index (χ0v) is 13.3. The number of hydrogen-bond acceptors (Lipinski definition) is 2. The lowest BCUT2D eigenvalue weighted by molar-refractivity contribution is 0.537. The van der Waals surface area contributed by atoms with Crippen LogP contribution in [0.15, 0.2) is 24.4 Å². The lowest BCUT2D eigenvalue weighted by atomic mass is 10.1. The molecule has 1 heterocycles. The third-order valence-electron chi connectivity index (χ3n) is 3.64. The molecule has 0 atom stereocenters. The third-order valence-corrected chi connectivity index (χ3v) is 3.64. The molecule has 0 fully saturated rings. The first kappa shape index (κ1) is 15.7. The summed E-state index contributed by atoms with van der Waals surface area (Å²) in [5, 5.41) is 3.43. The van der Waals surface area contributed by atoms with Crippen molar-refractivity contribution in [2.75, 3.05) is 6.54 Å². The third kappa shape index (κ3) is 4.14. The molecule has 4 heteroatoms. The Bertz CT molecular complexity index is 602. The predicted octanol–water partition coefficient (Wildman–Crippen LogP) is 3.43. The van der Waals surface area contributed by atoms with Crippen molar-refractivity contribution < 1.29 is 4.39 Å². The molecule has 0 spiro atoms. The number of benzene rings is 1.